The summed E-state index contributed by atoms with van der Waals surface area (Å²) in [6.45, 7) is 1.82. The van der Waals surface area contributed by atoms with Gasteiger partial charge < -0.3 is 4.74 Å². The summed E-state index contributed by atoms with van der Waals surface area (Å²) in [6.07, 6.45) is 2.42. The molecule has 74 valence electrons. The number of carbonyl (C=O) groups is 1. The molecule has 0 saturated heterocycles. The molecule has 0 N–H and O–H groups in total. The fraction of sp³-hybridized carbons (Fsp3) is 0.417. The lowest BCUT2D eigenvalue weighted by atomic mass is 10.1. The van der Waals surface area contributed by atoms with E-state index in [0.29, 0.717) is 6.42 Å². The van der Waals surface area contributed by atoms with E-state index in [1.54, 1.807) is 0 Å². The Morgan fingerprint density at radius 2 is 2.29 bits per heavy atom. The zero-order valence-electron chi connectivity index (χ0n) is 8.32. The van der Waals surface area contributed by atoms with E-state index in [1.807, 2.05) is 19.1 Å². The van der Waals surface area contributed by atoms with Crippen LogP contribution in [0.15, 0.2) is 24.3 Å². The average Bonchev–Trinajstić information content (AvgIpc) is 2.62. The number of fused-ring (bicyclic) bond motifs is 1. The number of benzene rings is 1. The van der Waals surface area contributed by atoms with Crippen molar-refractivity contribution in [2.45, 2.75) is 32.3 Å². The zero-order chi connectivity index (χ0) is 9.97. The van der Waals surface area contributed by atoms with Gasteiger partial charge in [-0.15, -0.1) is 0 Å². The molecule has 0 aliphatic heterocycles. The number of carbonyl (C=O) groups excluding carboxylic acids is 1. The Kier molecular flexibility index (Phi) is 2.53. The lowest BCUT2D eigenvalue weighted by Gasteiger charge is -2.12. The maximum absolute atomic E-state index is 11.2. The van der Waals surface area contributed by atoms with E-state index in [-0.39, 0.29) is 12.1 Å². The number of aryl methyl sites for hydroxylation is 1. The van der Waals surface area contributed by atoms with Crippen LogP contribution in [0.2, 0.25) is 0 Å². The third kappa shape index (κ3) is 1.65. The van der Waals surface area contributed by atoms with Crippen molar-refractivity contribution in [1.29, 1.82) is 0 Å². The van der Waals surface area contributed by atoms with Gasteiger partial charge in [0.1, 0.15) is 6.10 Å². The van der Waals surface area contributed by atoms with E-state index in [9.17, 15) is 4.79 Å². The molecular weight excluding hydrogens is 176 g/mol. The van der Waals surface area contributed by atoms with Crippen LogP contribution in [-0.4, -0.2) is 5.97 Å². The van der Waals surface area contributed by atoms with Crippen molar-refractivity contribution < 1.29 is 9.53 Å². The summed E-state index contributed by atoms with van der Waals surface area (Å²) in [5.41, 5.74) is 2.51. The molecule has 0 aromatic heterocycles. The second kappa shape index (κ2) is 3.82. The van der Waals surface area contributed by atoms with Crippen LogP contribution in [0.25, 0.3) is 0 Å². The van der Waals surface area contributed by atoms with Crippen LogP contribution in [0.3, 0.4) is 0 Å². The molecule has 0 fully saturated rings. The van der Waals surface area contributed by atoms with Crippen molar-refractivity contribution in [3.05, 3.63) is 35.4 Å². The SMILES string of the molecule is CCC(=O)OC1CCc2ccccc21. The van der Waals surface area contributed by atoms with E-state index in [0.717, 1.165) is 12.8 Å². The second-order valence-electron chi connectivity index (χ2n) is 3.57. The summed E-state index contributed by atoms with van der Waals surface area (Å²) >= 11 is 0. The van der Waals surface area contributed by atoms with Crippen LogP contribution in [0.1, 0.15) is 37.0 Å². The Labute approximate surface area is 83.9 Å². The van der Waals surface area contributed by atoms with Crippen molar-refractivity contribution in [2.24, 2.45) is 0 Å². The van der Waals surface area contributed by atoms with Crippen LogP contribution >= 0.6 is 0 Å². The highest BCUT2D eigenvalue weighted by Crippen LogP contribution is 2.33. The van der Waals surface area contributed by atoms with Crippen LogP contribution in [-0.2, 0) is 16.0 Å². The van der Waals surface area contributed by atoms with E-state index >= 15 is 0 Å². The summed E-state index contributed by atoms with van der Waals surface area (Å²) in [5.74, 6) is -0.105. The maximum atomic E-state index is 11.2. The van der Waals surface area contributed by atoms with Gasteiger partial charge in [-0.2, -0.15) is 0 Å². The number of rotatable bonds is 2. The highest BCUT2D eigenvalue weighted by molar-refractivity contribution is 5.69. The van der Waals surface area contributed by atoms with Gasteiger partial charge in [0.25, 0.3) is 0 Å². The monoisotopic (exact) mass is 190 g/mol. The van der Waals surface area contributed by atoms with Gasteiger partial charge >= 0.3 is 5.97 Å². The Bertz CT molecular complexity index is 344. The molecule has 1 unspecified atom stereocenters. The third-order valence-corrected chi connectivity index (χ3v) is 2.64. The predicted molar refractivity (Wildman–Crippen MR) is 53.9 cm³/mol. The number of hydrogen-bond donors (Lipinski definition) is 0. The Hall–Kier alpha value is -1.31. The van der Waals surface area contributed by atoms with E-state index in [4.69, 9.17) is 4.74 Å². The van der Waals surface area contributed by atoms with Crippen LogP contribution < -0.4 is 0 Å². The molecule has 0 radical (unpaired) electrons. The van der Waals surface area contributed by atoms with Gasteiger partial charge in [0.2, 0.25) is 0 Å². The Balaban J connectivity index is 2.14. The smallest absolute Gasteiger partial charge is 0.306 e. The molecule has 1 aromatic carbocycles. The van der Waals surface area contributed by atoms with Gasteiger partial charge in [0.15, 0.2) is 0 Å². The summed E-state index contributed by atoms with van der Waals surface area (Å²) in [6, 6.07) is 8.19. The molecule has 2 heteroatoms. The highest BCUT2D eigenvalue weighted by atomic mass is 16.5. The van der Waals surface area contributed by atoms with Crippen molar-refractivity contribution in [1.82, 2.24) is 0 Å². The third-order valence-electron chi connectivity index (χ3n) is 2.64. The van der Waals surface area contributed by atoms with Gasteiger partial charge in [-0.05, 0) is 24.0 Å². The molecule has 0 amide bonds. The van der Waals surface area contributed by atoms with Gasteiger partial charge in [-0.3, -0.25) is 4.79 Å². The number of ether oxygens (including phenoxy) is 1. The van der Waals surface area contributed by atoms with Gasteiger partial charge in [0, 0.05) is 6.42 Å². The zero-order valence-corrected chi connectivity index (χ0v) is 8.32. The molecule has 1 atom stereocenters. The normalized spacial score (nSPS) is 19.1. The molecule has 0 saturated carbocycles. The van der Waals surface area contributed by atoms with Crippen molar-refractivity contribution >= 4 is 5.97 Å². The van der Waals surface area contributed by atoms with Crippen molar-refractivity contribution in [3.63, 3.8) is 0 Å². The van der Waals surface area contributed by atoms with Crippen LogP contribution in [0.4, 0.5) is 0 Å². The summed E-state index contributed by atoms with van der Waals surface area (Å²) < 4.78 is 5.35. The topological polar surface area (TPSA) is 26.3 Å². The molecule has 14 heavy (non-hydrogen) atoms. The standard InChI is InChI=1S/C12H14O2/c1-2-12(13)14-11-8-7-9-5-3-4-6-10(9)11/h3-6,11H,2,7-8H2,1H3. The average molecular weight is 190 g/mol. The molecule has 1 aromatic rings. The minimum atomic E-state index is -0.105. The highest BCUT2D eigenvalue weighted by Gasteiger charge is 2.24. The minimum Gasteiger partial charge on any atom is -0.457 e. The van der Waals surface area contributed by atoms with Gasteiger partial charge in [0.05, 0.1) is 0 Å². The number of hydrogen-bond acceptors (Lipinski definition) is 2. The lowest BCUT2D eigenvalue weighted by Crippen LogP contribution is -2.07. The predicted octanol–water partition coefficient (Wildman–Crippen LogP) is 2.63. The molecule has 0 bridgehead atoms. The quantitative estimate of drug-likeness (QED) is 0.670. The van der Waals surface area contributed by atoms with E-state index in [2.05, 4.69) is 12.1 Å². The Morgan fingerprint density at radius 3 is 3.07 bits per heavy atom. The molecule has 1 aliphatic rings. The van der Waals surface area contributed by atoms with Crippen LogP contribution in [0.5, 0.6) is 0 Å². The maximum Gasteiger partial charge on any atom is 0.306 e. The van der Waals surface area contributed by atoms with E-state index in [1.165, 1.54) is 11.1 Å². The second-order valence-corrected chi connectivity index (χ2v) is 3.57. The lowest BCUT2D eigenvalue weighted by molar-refractivity contribution is -0.148. The summed E-state index contributed by atoms with van der Waals surface area (Å²) in [5, 5.41) is 0. The Morgan fingerprint density at radius 1 is 1.50 bits per heavy atom. The fourth-order valence-corrected chi connectivity index (χ4v) is 1.88. The van der Waals surface area contributed by atoms with Crippen molar-refractivity contribution in [2.75, 3.05) is 0 Å². The first-order valence-electron chi connectivity index (χ1n) is 5.08. The molecule has 0 heterocycles. The van der Waals surface area contributed by atoms with Gasteiger partial charge in [-0.25, -0.2) is 0 Å². The van der Waals surface area contributed by atoms with Crippen molar-refractivity contribution in [3.8, 4) is 0 Å². The first kappa shape index (κ1) is 9.25. The first-order valence-corrected chi connectivity index (χ1v) is 5.08. The minimum absolute atomic E-state index is 0.00125. The van der Waals surface area contributed by atoms with Gasteiger partial charge in [-0.1, -0.05) is 31.2 Å². The molecule has 1 aliphatic carbocycles. The largest absolute Gasteiger partial charge is 0.457 e. The molecule has 2 nitrogen and oxygen atoms in total. The first-order chi connectivity index (χ1) is 6.81. The number of esters is 1. The summed E-state index contributed by atoms with van der Waals surface area (Å²) in [4.78, 5) is 11.2. The summed E-state index contributed by atoms with van der Waals surface area (Å²) in [7, 11) is 0. The molecule has 0 spiro atoms. The fourth-order valence-electron chi connectivity index (χ4n) is 1.88. The molecular formula is C12H14O2. The van der Waals surface area contributed by atoms with Crippen LogP contribution in [0, 0.1) is 0 Å². The van der Waals surface area contributed by atoms with E-state index < -0.39 is 0 Å². The molecule has 2 rings (SSSR count).